The van der Waals surface area contributed by atoms with Gasteiger partial charge in [0.1, 0.15) is 0 Å². The third-order valence-corrected chi connectivity index (χ3v) is 5.34. The van der Waals surface area contributed by atoms with E-state index in [9.17, 15) is 9.90 Å². The number of aliphatic hydroxyl groups is 2. The Hall–Kier alpha value is -0.650. The molecule has 0 saturated carbocycles. The fraction of sp³-hybridized carbons (Fsp3) is 0.955. The van der Waals surface area contributed by atoms with Gasteiger partial charge < -0.3 is 21.3 Å². The minimum absolute atomic E-state index is 0.0463. The first-order valence-electron chi connectivity index (χ1n) is 11.4. The van der Waals surface area contributed by atoms with E-state index >= 15 is 0 Å². The number of hydrogen-bond donors (Lipinski definition) is 4. The molecule has 0 rings (SSSR count). The molecule has 0 aliphatic carbocycles. The molecule has 162 valence electrons. The lowest BCUT2D eigenvalue weighted by Crippen LogP contribution is -2.28. The first kappa shape index (κ1) is 26.4. The minimum Gasteiger partial charge on any atom is -0.395 e. The zero-order valence-corrected chi connectivity index (χ0v) is 17.8. The fourth-order valence-corrected chi connectivity index (χ4v) is 3.51. The van der Waals surface area contributed by atoms with E-state index in [0.29, 0.717) is 6.54 Å². The van der Waals surface area contributed by atoms with Crippen molar-refractivity contribution in [2.75, 3.05) is 19.7 Å². The van der Waals surface area contributed by atoms with Crippen LogP contribution >= 0.6 is 0 Å². The van der Waals surface area contributed by atoms with Crippen molar-refractivity contribution in [2.45, 2.75) is 109 Å². The normalized spacial score (nSPS) is 13.6. The molecule has 0 radical (unpaired) electrons. The van der Waals surface area contributed by atoms with E-state index in [1.54, 1.807) is 0 Å². The number of amides is 1. The number of primary amides is 1. The average molecular weight is 387 g/mol. The van der Waals surface area contributed by atoms with E-state index in [-0.39, 0.29) is 24.5 Å². The number of nitrogens with two attached hydrogens (primary N) is 1. The summed E-state index contributed by atoms with van der Waals surface area (Å²) in [6, 6.07) is 0. The number of carbonyl (C=O) groups excluding carboxylic acids is 1. The molecule has 0 fully saturated rings. The second-order valence-electron chi connectivity index (χ2n) is 7.92. The van der Waals surface area contributed by atoms with E-state index in [4.69, 9.17) is 10.8 Å². The maximum atomic E-state index is 11.5. The monoisotopic (exact) mass is 386 g/mol. The van der Waals surface area contributed by atoms with E-state index < -0.39 is 0 Å². The molecule has 2 atom stereocenters. The van der Waals surface area contributed by atoms with Crippen molar-refractivity contribution in [3.8, 4) is 0 Å². The summed E-state index contributed by atoms with van der Waals surface area (Å²) in [5.41, 5.74) is 5.48. The van der Waals surface area contributed by atoms with Crippen molar-refractivity contribution in [3.63, 3.8) is 0 Å². The number of unbranched alkanes of at least 4 members (excludes halogenated alkanes) is 9. The molecule has 0 aliphatic rings. The van der Waals surface area contributed by atoms with Gasteiger partial charge >= 0.3 is 0 Å². The lowest BCUT2D eigenvalue weighted by atomic mass is 9.96. The number of aliphatic hydroxyl groups excluding tert-OH is 2. The molecule has 0 bridgehead atoms. The first-order chi connectivity index (χ1) is 13.1. The molecule has 5 N–H and O–H groups in total. The van der Waals surface area contributed by atoms with Crippen LogP contribution in [0.1, 0.15) is 103 Å². The maximum Gasteiger partial charge on any atom is 0.220 e. The van der Waals surface area contributed by atoms with Crippen LogP contribution in [0.2, 0.25) is 0 Å². The van der Waals surface area contributed by atoms with Crippen LogP contribution in [-0.2, 0) is 4.79 Å². The second kappa shape index (κ2) is 20.1. The Morgan fingerprint density at radius 1 is 0.815 bits per heavy atom. The topological polar surface area (TPSA) is 95.6 Å². The van der Waals surface area contributed by atoms with Gasteiger partial charge in [0, 0.05) is 12.5 Å². The van der Waals surface area contributed by atoms with Gasteiger partial charge in [-0.3, -0.25) is 4.79 Å². The summed E-state index contributed by atoms with van der Waals surface area (Å²) in [6.07, 6.45) is 16.7. The summed E-state index contributed by atoms with van der Waals surface area (Å²) in [6.45, 7) is 3.64. The summed E-state index contributed by atoms with van der Waals surface area (Å²) in [5, 5.41) is 21.8. The average Bonchev–Trinajstić information content (AvgIpc) is 2.65. The highest BCUT2D eigenvalue weighted by atomic mass is 16.3. The third-order valence-electron chi connectivity index (χ3n) is 5.34. The van der Waals surface area contributed by atoms with Crippen LogP contribution < -0.4 is 11.1 Å². The van der Waals surface area contributed by atoms with Crippen molar-refractivity contribution in [3.05, 3.63) is 0 Å². The smallest absolute Gasteiger partial charge is 0.220 e. The second-order valence-corrected chi connectivity index (χ2v) is 7.92. The third kappa shape index (κ3) is 18.5. The van der Waals surface area contributed by atoms with Crippen molar-refractivity contribution in [2.24, 2.45) is 11.7 Å². The highest BCUT2D eigenvalue weighted by Gasteiger charge is 2.14. The molecule has 2 unspecified atom stereocenters. The zero-order chi connectivity index (χ0) is 20.2. The minimum atomic E-state index is -0.200. The van der Waals surface area contributed by atoms with Gasteiger partial charge in [-0.05, 0) is 32.2 Å². The van der Waals surface area contributed by atoms with Gasteiger partial charge in [0.05, 0.1) is 12.7 Å². The predicted octanol–water partition coefficient (Wildman–Crippen LogP) is 3.90. The SMILES string of the molecule is CCCCCCC(O)CCCCCCCCCC(CCNCCO)C(N)=O. The van der Waals surface area contributed by atoms with Crippen LogP contribution in [0, 0.1) is 5.92 Å². The molecule has 0 heterocycles. The predicted molar refractivity (Wildman–Crippen MR) is 114 cm³/mol. The molecule has 0 aromatic heterocycles. The Balaban J connectivity index is 3.45. The number of hydrogen-bond acceptors (Lipinski definition) is 4. The van der Waals surface area contributed by atoms with Crippen LogP contribution in [0.3, 0.4) is 0 Å². The number of carbonyl (C=O) groups is 1. The first-order valence-corrected chi connectivity index (χ1v) is 11.4. The Bertz CT molecular complexity index is 327. The van der Waals surface area contributed by atoms with E-state index in [0.717, 1.165) is 51.5 Å². The largest absolute Gasteiger partial charge is 0.395 e. The van der Waals surface area contributed by atoms with E-state index in [1.807, 2.05) is 0 Å². The van der Waals surface area contributed by atoms with Crippen LogP contribution in [0.25, 0.3) is 0 Å². The van der Waals surface area contributed by atoms with Gasteiger partial charge in [0.15, 0.2) is 0 Å². The molecule has 0 aromatic rings. The fourth-order valence-electron chi connectivity index (χ4n) is 3.51. The molecule has 0 spiro atoms. The summed E-state index contributed by atoms with van der Waals surface area (Å²) in [4.78, 5) is 11.5. The number of nitrogens with one attached hydrogen (secondary N) is 1. The van der Waals surface area contributed by atoms with Gasteiger partial charge in [-0.25, -0.2) is 0 Å². The molecule has 5 nitrogen and oxygen atoms in total. The van der Waals surface area contributed by atoms with Gasteiger partial charge in [-0.2, -0.15) is 0 Å². The zero-order valence-electron chi connectivity index (χ0n) is 17.8. The van der Waals surface area contributed by atoms with E-state index in [2.05, 4.69) is 12.2 Å². The van der Waals surface area contributed by atoms with Gasteiger partial charge in [0.25, 0.3) is 0 Å². The molecule has 1 amide bonds. The van der Waals surface area contributed by atoms with Gasteiger partial charge in [-0.1, -0.05) is 77.6 Å². The summed E-state index contributed by atoms with van der Waals surface area (Å²) in [5.74, 6) is -0.246. The lowest BCUT2D eigenvalue weighted by Gasteiger charge is -2.13. The summed E-state index contributed by atoms with van der Waals surface area (Å²) >= 11 is 0. The lowest BCUT2D eigenvalue weighted by molar-refractivity contribution is -0.122. The van der Waals surface area contributed by atoms with Crippen molar-refractivity contribution in [1.82, 2.24) is 5.32 Å². The maximum absolute atomic E-state index is 11.5. The Morgan fingerprint density at radius 3 is 1.85 bits per heavy atom. The number of rotatable bonds is 21. The standard InChI is InChI=1S/C22H46N2O3/c1-2-3-4-11-14-21(26)15-12-9-7-5-6-8-10-13-20(22(23)27)16-17-24-18-19-25/h20-21,24-26H,2-19H2,1H3,(H2,23,27). The van der Waals surface area contributed by atoms with E-state index in [1.165, 1.54) is 51.4 Å². The molecule has 0 aliphatic heterocycles. The molecule has 5 heteroatoms. The molecule has 27 heavy (non-hydrogen) atoms. The van der Waals surface area contributed by atoms with Crippen molar-refractivity contribution < 1.29 is 15.0 Å². The van der Waals surface area contributed by atoms with Gasteiger partial charge in [-0.15, -0.1) is 0 Å². The van der Waals surface area contributed by atoms with Gasteiger partial charge in [0.2, 0.25) is 5.91 Å². The van der Waals surface area contributed by atoms with Crippen molar-refractivity contribution >= 4 is 5.91 Å². The van der Waals surface area contributed by atoms with Crippen LogP contribution in [0.5, 0.6) is 0 Å². The van der Waals surface area contributed by atoms with Crippen LogP contribution in [-0.4, -0.2) is 41.9 Å². The molecule has 0 aromatic carbocycles. The molecular weight excluding hydrogens is 340 g/mol. The van der Waals surface area contributed by atoms with Crippen molar-refractivity contribution in [1.29, 1.82) is 0 Å². The Morgan fingerprint density at radius 2 is 1.33 bits per heavy atom. The highest BCUT2D eigenvalue weighted by molar-refractivity contribution is 5.76. The Labute approximate surface area is 167 Å². The summed E-state index contributed by atoms with van der Waals surface area (Å²) in [7, 11) is 0. The highest BCUT2D eigenvalue weighted by Crippen LogP contribution is 2.16. The summed E-state index contributed by atoms with van der Waals surface area (Å²) < 4.78 is 0. The quantitative estimate of drug-likeness (QED) is 0.225. The van der Waals surface area contributed by atoms with Crippen LogP contribution in [0.15, 0.2) is 0 Å². The Kier molecular flexibility index (Phi) is 19.6. The van der Waals surface area contributed by atoms with Crippen LogP contribution in [0.4, 0.5) is 0 Å². The molecular formula is C22H46N2O3. The molecule has 0 saturated heterocycles.